The molecule has 19 heavy (non-hydrogen) atoms. The number of methoxy groups -OCH3 is 1. The standard InChI is InChI=1S/C15H25N3O/c1-15(4-6-18(2)7-5-15)11-17-13-8-12(16)9-14(10-13)19-3/h8-10,17H,4-7,11,16H2,1-3H3. The van der Waals surface area contributed by atoms with E-state index in [9.17, 15) is 0 Å². The van der Waals surface area contributed by atoms with Crippen LogP contribution in [0.4, 0.5) is 11.4 Å². The Morgan fingerprint density at radius 2 is 2.00 bits per heavy atom. The van der Waals surface area contributed by atoms with Crippen molar-refractivity contribution in [1.82, 2.24) is 4.90 Å². The summed E-state index contributed by atoms with van der Waals surface area (Å²) in [6.45, 7) is 5.70. The molecule has 2 rings (SSSR count). The number of piperidine rings is 1. The summed E-state index contributed by atoms with van der Waals surface area (Å²) in [5, 5.41) is 3.51. The second-order valence-electron chi connectivity index (χ2n) is 5.96. The third kappa shape index (κ3) is 3.77. The van der Waals surface area contributed by atoms with Crippen LogP contribution in [0.3, 0.4) is 0 Å². The molecule has 4 heteroatoms. The number of benzene rings is 1. The van der Waals surface area contributed by atoms with Gasteiger partial charge in [-0.2, -0.15) is 0 Å². The van der Waals surface area contributed by atoms with Crippen LogP contribution in [-0.2, 0) is 0 Å². The highest BCUT2D eigenvalue weighted by Gasteiger charge is 2.28. The lowest BCUT2D eigenvalue weighted by Crippen LogP contribution is -2.40. The van der Waals surface area contributed by atoms with Crippen LogP contribution >= 0.6 is 0 Å². The minimum atomic E-state index is 0.365. The Morgan fingerprint density at radius 1 is 1.32 bits per heavy atom. The van der Waals surface area contributed by atoms with Crippen LogP contribution < -0.4 is 15.8 Å². The van der Waals surface area contributed by atoms with E-state index in [1.165, 1.54) is 25.9 Å². The molecular formula is C15H25N3O. The molecule has 1 saturated heterocycles. The van der Waals surface area contributed by atoms with Gasteiger partial charge in [-0.25, -0.2) is 0 Å². The molecule has 1 fully saturated rings. The van der Waals surface area contributed by atoms with E-state index < -0.39 is 0 Å². The molecule has 0 radical (unpaired) electrons. The fraction of sp³-hybridized carbons (Fsp3) is 0.600. The lowest BCUT2D eigenvalue weighted by Gasteiger charge is -2.38. The Labute approximate surface area is 115 Å². The lowest BCUT2D eigenvalue weighted by molar-refractivity contribution is 0.150. The minimum Gasteiger partial charge on any atom is -0.497 e. The summed E-state index contributed by atoms with van der Waals surface area (Å²) in [6.07, 6.45) is 2.46. The van der Waals surface area contributed by atoms with E-state index in [1.54, 1.807) is 7.11 Å². The van der Waals surface area contributed by atoms with E-state index in [2.05, 4.69) is 24.2 Å². The van der Waals surface area contributed by atoms with Gasteiger partial charge in [0.05, 0.1) is 7.11 Å². The molecule has 0 bridgehead atoms. The van der Waals surface area contributed by atoms with Gasteiger partial charge in [-0.1, -0.05) is 6.92 Å². The van der Waals surface area contributed by atoms with Gasteiger partial charge in [-0.3, -0.25) is 0 Å². The molecule has 1 aliphatic rings. The van der Waals surface area contributed by atoms with Crippen molar-refractivity contribution in [2.24, 2.45) is 5.41 Å². The summed E-state index contributed by atoms with van der Waals surface area (Å²) >= 11 is 0. The number of nitrogens with one attached hydrogen (secondary N) is 1. The van der Waals surface area contributed by atoms with Crippen LogP contribution in [-0.4, -0.2) is 38.7 Å². The molecule has 0 saturated carbocycles. The summed E-state index contributed by atoms with van der Waals surface area (Å²) in [5.74, 6) is 0.802. The first-order valence-corrected chi connectivity index (χ1v) is 6.88. The number of anilines is 2. The maximum Gasteiger partial charge on any atom is 0.122 e. The molecule has 1 heterocycles. The van der Waals surface area contributed by atoms with Crippen molar-refractivity contribution in [2.45, 2.75) is 19.8 Å². The SMILES string of the molecule is COc1cc(N)cc(NCC2(C)CCN(C)CC2)c1. The Balaban J connectivity index is 1.96. The Hall–Kier alpha value is -1.42. The zero-order valence-corrected chi connectivity index (χ0v) is 12.2. The first kappa shape index (κ1) is 14.0. The molecule has 4 nitrogen and oxygen atoms in total. The highest BCUT2D eigenvalue weighted by Crippen LogP contribution is 2.31. The number of nitrogens with two attached hydrogens (primary N) is 1. The minimum absolute atomic E-state index is 0.365. The first-order valence-electron chi connectivity index (χ1n) is 6.88. The van der Waals surface area contributed by atoms with Crippen LogP contribution in [0, 0.1) is 5.41 Å². The number of hydrogen-bond donors (Lipinski definition) is 2. The van der Waals surface area contributed by atoms with E-state index >= 15 is 0 Å². The average molecular weight is 263 g/mol. The van der Waals surface area contributed by atoms with Gasteiger partial charge in [0.1, 0.15) is 5.75 Å². The largest absolute Gasteiger partial charge is 0.497 e. The third-order valence-electron chi connectivity index (χ3n) is 4.08. The molecule has 1 aliphatic heterocycles. The van der Waals surface area contributed by atoms with E-state index in [0.717, 1.165) is 23.7 Å². The smallest absolute Gasteiger partial charge is 0.122 e. The van der Waals surface area contributed by atoms with Crippen molar-refractivity contribution in [2.75, 3.05) is 44.8 Å². The van der Waals surface area contributed by atoms with E-state index in [4.69, 9.17) is 10.5 Å². The quantitative estimate of drug-likeness (QED) is 0.819. The van der Waals surface area contributed by atoms with Gasteiger partial charge in [-0.05, 0) is 44.5 Å². The highest BCUT2D eigenvalue weighted by molar-refractivity contribution is 5.59. The van der Waals surface area contributed by atoms with Crippen LogP contribution in [0.1, 0.15) is 19.8 Å². The number of ether oxygens (including phenoxy) is 1. The number of rotatable bonds is 4. The number of likely N-dealkylation sites (tertiary alicyclic amines) is 1. The molecule has 106 valence electrons. The molecule has 1 aromatic rings. The zero-order valence-electron chi connectivity index (χ0n) is 12.2. The molecule has 3 N–H and O–H groups in total. The molecule has 1 aromatic carbocycles. The highest BCUT2D eigenvalue weighted by atomic mass is 16.5. The van der Waals surface area contributed by atoms with Crippen molar-refractivity contribution >= 4 is 11.4 Å². The van der Waals surface area contributed by atoms with Gasteiger partial charge in [0.25, 0.3) is 0 Å². The van der Waals surface area contributed by atoms with E-state index in [1.807, 2.05) is 18.2 Å². The van der Waals surface area contributed by atoms with Gasteiger partial charge in [0.15, 0.2) is 0 Å². The van der Waals surface area contributed by atoms with Crippen molar-refractivity contribution in [1.29, 1.82) is 0 Å². The normalized spacial score (nSPS) is 19.1. The average Bonchev–Trinajstić information content (AvgIpc) is 2.40. The molecule has 0 unspecified atom stereocenters. The van der Waals surface area contributed by atoms with Crippen LogP contribution in [0.15, 0.2) is 18.2 Å². The third-order valence-corrected chi connectivity index (χ3v) is 4.08. The first-order chi connectivity index (χ1) is 9.00. The van der Waals surface area contributed by atoms with Crippen molar-refractivity contribution in [3.63, 3.8) is 0 Å². The molecule has 0 atom stereocenters. The monoisotopic (exact) mass is 263 g/mol. The van der Waals surface area contributed by atoms with Gasteiger partial charge >= 0.3 is 0 Å². The van der Waals surface area contributed by atoms with Crippen LogP contribution in [0.2, 0.25) is 0 Å². The maximum absolute atomic E-state index is 5.87. The van der Waals surface area contributed by atoms with Gasteiger partial charge < -0.3 is 20.7 Å². The molecule has 0 aromatic heterocycles. The van der Waals surface area contributed by atoms with E-state index in [-0.39, 0.29) is 0 Å². The van der Waals surface area contributed by atoms with Gasteiger partial charge in [-0.15, -0.1) is 0 Å². The van der Waals surface area contributed by atoms with Crippen molar-refractivity contribution < 1.29 is 4.74 Å². The summed E-state index contributed by atoms with van der Waals surface area (Å²) in [6, 6.07) is 5.79. The molecule has 0 amide bonds. The summed E-state index contributed by atoms with van der Waals surface area (Å²) in [7, 11) is 3.85. The molecular weight excluding hydrogens is 238 g/mol. The Kier molecular flexibility index (Phi) is 4.20. The summed E-state index contributed by atoms with van der Waals surface area (Å²) in [4.78, 5) is 2.39. The van der Waals surface area contributed by atoms with E-state index in [0.29, 0.717) is 5.41 Å². The molecule has 0 spiro atoms. The van der Waals surface area contributed by atoms with Gasteiger partial charge in [0.2, 0.25) is 0 Å². The Morgan fingerprint density at radius 3 is 2.63 bits per heavy atom. The number of hydrogen-bond acceptors (Lipinski definition) is 4. The zero-order chi connectivity index (χ0) is 13.9. The second-order valence-corrected chi connectivity index (χ2v) is 5.96. The van der Waals surface area contributed by atoms with Gasteiger partial charge in [0, 0.05) is 30.1 Å². The van der Waals surface area contributed by atoms with Crippen molar-refractivity contribution in [3.8, 4) is 5.75 Å². The topological polar surface area (TPSA) is 50.5 Å². The maximum atomic E-state index is 5.87. The fourth-order valence-electron chi connectivity index (χ4n) is 2.49. The van der Waals surface area contributed by atoms with Crippen molar-refractivity contribution in [3.05, 3.63) is 18.2 Å². The fourth-order valence-corrected chi connectivity index (χ4v) is 2.49. The summed E-state index contributed by atoms with van der Waals surface area (Å²) < 4.78 is 5.24. The van der Waals surface area contributed by atoms with Crippen LogP contribution in [0.25, 0.3) is 0 Å². The Bertz CT molecular complexity index is 425. The molecule has 0 aliphatic carbocycles. The lowest BCUT2D eigenvalue weighted by atomic mass is 9.80. The predicted molar refractivity (Wildman–Crippen MR) is 80.7 cm³/mol. The predicted octanol–water partition coefficient (Wildman–Crippen LogP) is 2.42. The number of nitrogen functional groups attached to an aromatic ring is 1. The summed E-state index contributed by atoms with van der Waals surface area (Å²) in [5.41, 5.74) is 8.00. The van der Waals surface area contributed by atoms with Crippen LogP contribution in [0.5, 0.6) is 5.75 Å². The number of nitrogens with zero attached hydrogens (tertiary/aromatic N) is 1. The second kappa shape index (κ2) is 5.70.